The summed E-state index contributed by atoms with van der Waals surface area (Å²) < 4.78 is 16.6. The number of benzene rings is 2. The Bertz CT molecular complexity index is 909. The first-order valence-corrected chi connectivity index (χ1v) is 10.5. The summed E-state index contributed by atoms with van der Waals surface area (Å²) in [6.07, 6.45) is 6.39. The molecule has 0 unspecified atom stereocenters. The molecule has 1 aliphatic carbocycles. The van der Waals surface area contributed by atoms with Gasteiger partial charge in [-0.3, -0.25) is 9.59 Å². The monoisotopic (exact) mass is 423 g/mol. The molecule has 0 aromatic heterocycles. The van der Waals surface area contributed by atoms with E-state index >= 15 is 0 Å². The van der Waals surface area contributed by atoms with Crippen molar-refractivity contribution in [2.24, 2.45) is 5.92 Å². The van der Waals surface area contributed by atoms with E-state index in [2.05, 4.69) is 6.08 Å². The number of nitrogens with zero attached hydrogens (tertiary/aromatic N) is 1. The number of rotatable bonds is 9. The summed E-state index contributed by atoms with van der Waals surface area (Å²) in [7, 11) is 3.27. The van der Waals surface area contributed by atoms with Gasteiger partial charge in [-0.1, -0.05) is 48.6 Å². The average Bonchev–Trinajstić information content (AvgIpc) is 2.82. The van der Waals surface area contributed by atoms with Crippen molar-refractivity contribution >= 4 is 11.9 Å². The summed E-state index contributed by atoms with van der Waals surface area (Å²) in [5, 5.41) is 0. The Morgan fingerprint density at radius 3 is 2.55 bits per heavy atom. The Balaban J connectivity index is 1.51. The van der Waals surface area contributed by atoms with Crippen molar-refractivity contribution in [3.8, 4) is 11.5 Å². The van der Waals surface area contributed by atoms with Crippen molar-refractivity contribution in [2.75, 3.05) is 20.8 Å². The molecular formula is C25H29NO5. The Hall–Kier alpha value is -3.28. The van der Waals surface area contributed by atoms with Crippen LogP contribution in [-0.2, 0) is 27.5 Å². The van der Waals surface area contributed by atoms with Gasteiger partial charge in [-0.05, 0) is 42.5 Å². The summed E-state index contributed by atoms with van der Waals surface area (Å²) in [6, 6.07) is 15.5. The molecule has 2 aromatic rings. The third kappa shape index (κ3) is 6.60. The van der Waals surface area contributed by atoms with E-state index in [1.54, 1.807) is 14.2 Å². The topological polar surface area (TPSA) is 65.1 Å². The summed E-state index contributed by atoms with van der Waals surface area (Å²) in [5.74, 6) is 0.553. The maximum absolute atomic E-state index is 12.4. The molecule has 0 spiro atoms. The first kappa shape index (κ1) is 22.4. The zero-order chi connectivity index (χ0) is 22.1. The van der Waals surface area contributed by atoms with Gasteiger partial charge < -0.3 is 19.1 Å². The zero-order valence-corrected chi connectivity index (χ0v) is 18.1. The van der Waals surface area contributed by atoms with Crippen LogP contribution in [0.4, 0.5) is 0 Å². The normalized spacial score (nSPS) is 15.2. The van der Waals surface area contributed by atoms with Crippen LogP contribution in [0.1, 0.15) is 30.4 Å². The highest BCUT2D eigenvalue weighted by molar-refractivity contribution is 5.81. The lowest BCUT2D eigenvalue weighted by atomic mass is 9.95. The van der Waals surface area contributed by atoms with Crippen LogP contribution < -0.4 is 9.47 Å². The van der Waals surface area contributed by atoms with Gasteiger partial charge in [-0.2, -0.15) is 0 Å². The van der Waals surface area contributed by atoms with Crippen molar-refractivity contribution in [3.05, 3.63) is 71.8 Å². The molecular weight excluding hydrogens is 394 g/mol. The highest BCUT2D eigenvalue weighted by Gasteiger charge is 2.22. The van der Waals surface area contributed by atoms with Crippen LogP contribution in [0.2, 0.25) is 0 Å². The third-order valence-corrected chi connectivity index (χ3v) is 5.25. The fourth-order valence-corrected chi connectivity index (χ4v) is 3.40. The summed E-state index contributed by atoms with van der Waals surface area (Å²) in [5.41, 5.74) is 1.96. The largest absolute Gasteiger partial charge is 0.493 e. The van der Waals surface area contributed by atoms with E-state index < -0.39 is 0 Å². The number of ether oxygens (including phenoxy) is 3. The summed E-state index contributed by atoms with van der Waals surface area (Å²) in [6.45, 7) is 0.569. The van der Waals surface area contributed by atoms with Gasteiger partial charge in [-0.15, -0.1) is 0 Å². The highest BCUT2D eigenvalue weighted by atomic mass is 16.5. The Kier molecular flexibility index (Phi) is 8.10. The average molecular weight is 424 g/mol. The van der Waals surface area contributed by atoms with Crippen molar-refractivity contribution in [1.82, 2.24) is 4.90 Å². The minimum absolute atomic E-state index is 0.143. The van der Waals surface area contributed by atoms with Crippen LogP contribution in [0.25, 0.3) is 0 Å². The number of esters is 1. The second kappa shape index (κ2) is 11.2. The SMILES string of the molecule is COc1cc(CN(C)C(=O)COC(=O)[C@@H]2CC=CCC2)ccc1OCc1ccccc1. The predicted octanol–water partition coefficient (Wildman–Crippen LogP) is 4.13. The van der Waals surface area contributed by atoms with Crippen LogP contribution in [0.15, 0.2) is 60.7 Å². The van der Waals surface area contributed by atoms with Gasteiger partial charge in [0.15, 0.2) is 18.1 Å². The van der Waals surface area contributed by atoms with Crippen LogP contribution in [0, 0.1) is 5.92 Å². The van der Waals surface area contributed by atoms with Crippen LogP contribution >= 0.6 is 0 Å². The van der Waals surface area contributed by atoms with E-state index in [9.17, 15) is 9.59 Å². The standard InChI is InChI=1S/C25H29NO5/c1-26(24(27)18-31-25(28)21-11-7-4-8-12-21)16-20-13-14-22(23(15-20)29-2)30-17-19-9-5-3-6-10-19/h3-7,9-10,13-15,21H,8,11-12,16-18H2,1-2H3/t21-/m1/s1. The fraction of sp³-hybridized carbons (Fsp3) is 0.360. The molecule has 6 heteroatoms. The summed E-state index contributed by atoms with van der Waals surface area (Å²) in [4.78, 5) is 26.0. The number of likely N-dealkylation sites (N-methyl/N-ethyl adjacent to an activating group) is 1. The lowest BCUT2D eigenvalue weighted by Crippen LogP contribution is -2.32. The molecule has 0 fully saturated rings. The number of hydrogen-bond donors (Lipinski definition) is 0. The molecule has 1 atom stereocenters. The van der Waals surface area contributed by atoms with E-state index in [1.807, 2.05) is 54.6 Å². The molecule has 0 saturated heterocycles. The molecule has 0 aliphatic heterocycles. The molecule has 0 saturated carbocycles. The van der Waals surface area contributed by atoms with E-state index in [0.717, 1.165) is 24.0 Å². The second-order valence-electron chi connectivity index (χ2n) is 7.60. The van der Waals surface area contributed by atoms with Gasteiger partial charge in [0, 0.05) is 13.6 Å². The number of methoxy groups -OCH3 is 1. The molecule has 3 rings (SSSR count). The number of amides is 1. The highest BCUT2D eigenvalue weighted by Crippen LogP contribution is 2.29. The first-order valence-electron chi connectivity index (χ1n) is 10.5. The van der Waals surface area contributed by atoms with Crippen molar-refractivity contribution in [3.63, 3.8) is 0 Å². The Morgan fingerprint density at radius 1 is 1.03 bits per heavy atom. The van der Waals surface area contributed by atoms with E-state index in [4.69, 9.17) is 14.2 Å². The third-order valence-electron chi connectivity index (χ3n) is 5.25. The molecule has 0 heterocycles. The second-order valence-corrected chi connectivity index (χ2v) is 7.60. The van der Waals surface area contributed by atoms with Gasteiger partial charge in [0.25, 0.3) is 5.91 Å². The molecule has 2 aromatic carbocycles. The predicted molar refractivity (Wildman–Crippen MR) is 118 cm³/mol. The van der Waals surface area contributed by atoms with Gasteiger partial charge in [0.05, 0.1) is 13.0 Å². The number of carbonyl (C=O) groups is 2. The minimum atomic E-state index is -0.298. The maximum Gasteiger partial charge on any atom is 0.309 e. The van der Waals surface area contributed by atoms with Gasteiger partial charge in [0.1, 0.15) is 6.61 Å². The van der Waals surface area contributed by atoms with Crippen LogP contribution in [0.5, 0.6) is 11.5 Å². The lowest BCUT2D eigenvalue weighted by Gasteiger charge is -2.20. The minimum Gasteiger partial charge on any atom is -0.493 e. The van der Waals surface area contributed by atoms with E-state index in [1.165, 1.54) is 4.90 Å². The van der Waals surface area contributed by atoms with E-state index in [-0.39, 0.29) is 24.4 Å². The molecule has 6 nitrogen and oxygen atoms in total. The summed E-state index contributed by atoms with van der Waals surface area (Å²) >= 11 is 0. The molecule has 0 bridgehead atoms. The Labute approximate surface area is 183 Å². The van der Waals surface area contributed by atoms with Crippen LogP contribution in [-0.4, -0.2) is 37.5 Å². The molecule has 1 amide bonds. The maximum atomic E-state index is 12.4. The number of allylic oxidation sites excluding steroid dienone is 2. The van der Waals surface area contributed by atoms with Crippen LogP contribution in [0.3, 0.4) is 0 Å². The molecule has 164 valence electrons. The van der Waals surface area contributed by atoms with Gasteiger partial charge in [-0.25, -0.2) is 0 Å². The van der Waals surface area contributed by atoms with Crippen molar-refractivity contribution < 1.29 is 23.8 Å². The molecule has 31 heavy (non-hydrogen) atoms. The van der Waals surface area contributed by atoms with Crippen molar-refractivity contribution in [1.29, 1.82) is 0 Å². The molecule has 0 radical (unpaired) electrons. The quantitative estimate of drug-likeness (QED) is 0.448. The molecule has 1 aliphatic rings. The Morgan fingerprint density at radius 2 is 1.84 bits per heavy atom. The smallest absolute Gasteiger partial charge is 0.309 e. The first-order chi connectivity index (χ1) is 15.1. The zero-order valence-electron chi connectivity index (χ0n) is 18.1. The van der Waals surface area contributed by atoms with Gasteiger partial charge >= 0.3 is 5.97 Å². The molecule has 0 N–H and O–H groups in total. The number of carbonyl (C=O) groups excluding carboxylic acids is 2. The van der Waals surface area contributed by atoms with Crippen molar-refractivity contribution in [2.45, 2.75) is 32.4 Å². The lowest BCUT2D eigenvalue weighted by molar-refractivity contribution is -0.155. The van der Waals surface area contributed by atoms with Gasteiger partial charge in [0.2, 0.25) is 0 Å². The van der Waals surface area contributed by atoms with E-state index in [0.29, 0.717) is 31.1 Å². The fourth-order valence-electron chi connectivity index (χ4n) is 3.40. The number of hydrogen-bond acceptors (Lipinski definition) is 5.